The zero-order valence-corrected chi connectivity index (χ0v) is 12.3. The highest BCUT2D eigenvalue weighted by molar-refractivity contribution is 8.25. The predicted molar refractivity (Wildman–Crippen MR) is 74.4 cm³/mol. The second-order valence-corrected chi connectivity index (χ2v) is 6.10. The average molecular weight is 290 g/mol. The van der Waals surface area contributed by atoms with E-state index in [2.05, 4.69) is 0 Å². The summed E-state index contributed by atoms with van der Waals surface area (Å²) in [5, 5.41) is 0. The molecule has 0 aromatic rings. The van der Waals surface area contributed by atoms with Crippen LogP contribution in [-0.2, 0) is 19.1 Å². The molecule has 1 heterocycles. The van der Waals surface area contributed by atoms with E-state index in [4.69, 9.17) is 9.47 Å². The lowest BCUT2D eigenvalue weighted by atomic mass is 10.3. The van der Waals surface area contributed by atoms with Crippen LogP contribution in [0.2, 0.25) is 0 Å². The zero-order valence-electron chi connectivity index (χ0n) is 10.7. The smallest absolute Gasteiger partial charge is 0.347 e. The molecule has 0 aromatic heterocycles. The number of esters is 2. The number of carbonyl (C=O) groups excluding carboxylic acids is 2. The molecule has 1 fully saturated rings. The third-order valence-electron chi connectivity index (χ3n) is 2.04. The highest BCUT2D eigenvalue weighted by Gasteiger charge is 2.28. The molecule has 0 saturated carbocycles. The summed E-state index contributed by atoms with van der Waals surface area (Å²) < 4.78 is 10.8. The van der Waals surface area contributed by atoms with E-state index in [1.54, 1.807) is 0 Å². The van der Waals surface area contributed by atoms with Crippen LogP contribution in [0.4, 0.5) is 0 Å². The fraction of sp³-hybridized carbons (Fsp3) is 0.667. The van der Waals surface area contributed by atoms with Crippen molar-refractivity contribution >= 4 is 35.5 Å². The predicted octanol–water partition coefficient (Wildman–Crippen LogP) is 2.58. The molecule has 0 aromatic carbocycles. The van der Waals surface area contributed by atoms with Crippen molar-refractivity contribution in [2.75, 3.05) is 24.7 Å². The van der Waals surface area contributed by atoms with Gasteiger partial charge >= 0.3 is 11.9 Å². The van der Waals surface area contributed by atoms with E-state index in [1.807, 2.05) is 13.8 Å². The van der Waals surface area contributed by atoms with E-state index in [0.29, 0.717) is 13.2 Å². The Balaban J connectivity index is 2.78. The minimum atomic E-state index is -0.560. The molecule has 1 rings (SSSR count). The van der Waals surface area contributed by atoms with Crippen molar-refractivity contribution < 1.29 is 19.1 Å². The Bertz CT molecular complexity index is 309. The second-order valence-electron chi connectivity index (χ2n) is 3.63. The molecule has 4 nitrogen and oxygen atoms in total. The minimum Gasteiger partial charge on any atom is -0.462 e. The van der Waals surface area contributed by atoms with Crippen LogP contribution >= 0.6 is 23.5 Å². The van der Waals surface area contributed by atoms with Gasteiger partial charge in [0.05, 0.1) is 17.5 Å². The Morgan fingerprint density at radius 1 is 1.00 bits per heavy atom. The van der Waals surface area contributed by atoms with Gasteiger partial charge in [0.25, 0.3) is 0 Å². The van der Waals surface area contributed by atoms with Crippen LogP contribution in [0.3, 0.4) is 0 Å². The fourth-order valence-electron chi connectivity index (χ4n) is 1.24. The summed E-state index contributed by atoms with van der Waals surface area (Å²) in [6.07, 6.45) is 1.47. The number of rotatable bonds is 6. The second kappa shape index (κ2) is 8.48. The van der Waals surface area contributed by atoms with Gasteiger partial charge in [0.15, 0.2) is 5.57 Å². The summed E-state index contributed by atoms with van der Waals surface area (Å²) >= 11 is 3.03. The molecule has 0 N–H and O–H groups in total. The van der Waals surface area contributed by atoms with Crippen molar-refractivity contribution in [2.24, 2.45) is 0 Å². The maximum absolute atomic E-state index is 11.9. The third-order valence-corrected chi connectivity index (χ3v) is 4.75. The highest BCUT2D eigenvalue weighted by atomic mass is 32.2. The largest absolute Gasteiger partial charge is 0.462 e. The van der Waals surface area contributed by atoms with E-state index in [0.717, 1.165) is 28.6 Å². The Labute approximate surface area is 116 Å². The first-order chi connectivity index (χ1) is 8.70. The summed E-state index contributed by atoms with van der Waals surface area (Å²) in [4.78, 5) is 23.8. The summed E-state index contributed by atoms with van der Waals surface area (Å²) in [7, 11) is 0. The molecule has 0 bridgehead atoms. The number of carbonyl (C=O) groups is 2. The lowest BCUT2D eigenvalue weighted by molar-refractivity contribution is -0.147. The number of hydrogen-bond acceptors (Lipinski definition) is 6. The van der Waals surface area contributed by atoms with Gasteiger partial charge in [0.2, 0.25) is 0 Å². The summed E-state index contributed by atoms with van der Waals surface area (Å²) in [5.74, 6) is 0.696. The van der Waals surface area contributed by atoms with E-state index in [1.165, 1.54) is 23.5 Å². The maximum atomic E-state index is 11.9. The molecule has 0 spiro atoms. The molecule has 0 atom stereocenters. The van der Waals surface area contributed by atoms with Gasteiger partial charge in [-0.15, -0.1) is 23.5 Å². The number of ether oxygens (including phenoxy) is 2. The molecule has 0 aliphatic carbocycles. The van der Waals surface area contributed by atoms with Crippen molar-refractivity contribution in [1.29, 1.82) is 0 Å². The molecule has 102 valence electrons. The molecule has 18 heavy (non-hydrogen) atoms. The van der Waals surface area contributed by atoms with Crippen LogP contribution in [0.1, 0.15) is 26.7 Å². The van der Waals surface area contributed by atoms with E-state index in [9.17, 15) is 9.59 Å². The SMILES string of the molecule is CCCOC(=O)C(C(=O)OCCC)=C1SCCS1. The molecule has 1 aliphatic rings. The van der Waals surface area contributed by atoms with Crippen LogP contribution in [-0.4, -0.2) is 36.7 Å². The minimum absolute atomic E-state index is 0.0735. The summed E-state index contributed by atoms with van der Waals surface area (Å²) in [6, 6.07) is 0. The normalized spacial score (nSPS) is 14.4. The highest BCUT2D eigenvalue weighted by Crippen LogP contribution is 2.39. The van der Waals surface area contributed by atoms with Crippen LogP contribution in [0, 0.1) is 0 Å². The lowest BCUT2D eigenvalue weighted by Crippen LogP contribution is -2.20. The molecule has 1 aliphatic heterocycles. The van der Waals surface area contributed by atoms with Crippen LogP contribution in [0.5, 0.6) is 0 Å². The summed E-state index contributed by atoms with van der Waals surface area (Å²) in [5.41, 5.74) is 0.0735. The number of thioether (sulfide) groups is 2. The Hall–Kier alpha value is -0.620. The van der Waals surface area contributed by atoms with Crippen LogP contribution in [0.15, 0.2) is 9.81 Å². The third kappa shape index (κ3) is 4.57. The molecule has 6 heteroatoms. The van der Waals surface area contributed by atoms with Gasteiger partial charge in [-0.2, -0.15) is 0 Å². The van der Waals surface area contributed by atoms with Crippen molar-refractivity contribution in [3.63, 3.8) is 0 Å². The van der Waals surface area contributed by atoms with Crippen molar-refractivity contribution in [3.05, 3.63) is 9.81 Å². The molecule has 1 saturated heterocycles. The monoisotopic (exact) mass is 290 g/mol. The topological polar surface area (TPSA) is 52.6 Å². The Morgan fingerprint density at radius 3 is 1.83 bits per heavy atom. The summed E-state index contributed by atoms with van der Waals surface area (Å²) in [6.45, 7) is 4.47. The van der Waals surface area contributed by atoms with Crippen molar-refractivity contribution in [3.8, 4) is 0 Å². The average Bonchev–Trinajstić information content (AvgIpc) is 2.87. The first kappa shape index (κ1) is 15.4. The van der Waals surface area contributed by atoms with Gasteiger partial charge in [0, 0.05) is 11.5 Å². The van der Waals surface area contributed by atoms with Gasteiger partial charge in [-0.05, 0) is 12.8 Å². The molecular formula is C12H18O4S2. The fourth-order valence-corrected chi connectivity index (χ4v) is 3.73. The first-order valence-electron chi connectivity index (χ1n) is 6.04. The molecule has 0 unspecified atom stereocenters. The van der Waals surface area contributed by atoms with Crippen molar-refractivity contribution in [1.82, 2.24) is 0 Å². The molecule has 0 radical (unpaired) electrons. The zero-order chi connectivity index (χ0) is 13.4. The van der Waals surface area contributed by atoms with Gasteiger partial charge < -0.3 is 9.47 Å². The molecular weight excluding hydrogens is 272 g/mol. The van der Waals surface area contributed by atoms with E-state index >= 15 is 0 Å². The van der Waals surface area contributed by atoms with Gasteiger partial charge in [0.1, 0.15) is 0 Å². The van der Waals surface area contributed by atoms with E-state index in [-0.39, 0.29) is 5.57 Å². The Morgan fingerprint density at radius 2 is 1.44 bits per heavy atom. The van der Waals surface area contributed by atoms with E-state index < -0.39 is 11.9 Å². The quantitative estimate of drug-likeness (QED) is 0.324. The van der Waals surface area contributed by atoms with Gasteiger partial charge in [-0.3, -0.25) is 0 Å². The lowest BCUT2D eigenvalue weighted by Gasteiger charge is -2.09. The van der Waals surface area contributed by atoms with Crippen molar-refractivity contribution in [2.45, 2.75) is 26.7 Å². The molecule has 0 amide bonds. The van der Waals surface area contributed by atoms with Gasteiger partial charge in [-0.1, -0.05) is 13.8 Å². The Kier molecular flexibility index (Phi) is 7.27. The number of hydrogen-bond donors (Lipinski definition) is 0. The van der Waals surface area contributed by atoms with Crippen LogP contribution < -0.4 is 0 Å². The standard InChI is InChI=1S/C12H18O4S2/c1-3-5-15-10(13)9(11(14)16-6-4-2)12-17-7-8-18-12/h3-8H2,1-2H3. The maximum Gasteiger partial charge on any atom is 0.347 e. The first-order valence-corrected chi connectivity index (χ1v) is 8.01. The van der Waals surface area contributed by atoms with Gasteiger partial charge in [-0.25, -0.2) is 9.59 Å². The van der Waals surface area contributed by atoms with Crippen LogP contribution in [0.25, 0.3) is 0 Å².